The number of urea groups is 1. The van der Waals surface area contributed by atoms with Crippen LogP contribution in [0.2, 0.25) is 0 Å². The van der Waals surface area contributed by atoms with Gasteiger partial charge < -0.3 is 11.1 Å². The van der Waals surface area contributed by atoms with E-state index in [9.17, 15) is 19.7 Å². The van der Waals surface area contributed by atoms with Gasteiger partial charge in [-0.25, -0.2) is 4.79 Å². The van der Waals surface area contributed by atoms with Gasteiger partial charge in [0.25, 0.3) is 5.69 Å². The summed E-state index contributed by atoms with van der Waals surface area (Å²) in [6.07, 6.45) is 0.613. The minimum atomic E-state index is -0.887. The van der Waals surface area contributed by atoms with Crippen LogP contribution in [-0.4, -0.2) is 30.0 Å². The Morgan fingerprint density at radius 3 is 2.42 bits per heavy atom. The second-order valence-corrected chi connectivity index (χ2v) is 3.76. The molecular formula is C11H14N4O4. The lowest BCUT2D eigenvalue weighted by atomic mass is 10.1. The van der Waals surface area contributed by atoms with Gasteiger partial charge in [-0.3, -0.25) is 20.2 Å². The molecule has 0 spiro atoms. The van der Waals surface area contributed by atoms with E-state index in [4.69, 9.17) is 5.73 Å². The molecule has 0 bridgehead atoms. The van der Waals surface area contributed by atoms with E-state index in [1.54, 1.807) is 12.1 Å². The van der Waals surface area contributed by atoms with Crippen LogP contribution in [0.5, 0.6) is 0 Å². The highest BCUT2D eigenvalue weighted by molar-refractivity contribution is 5.94. The monoisotopic (exact) mass is 266 g/mol. The Morgan fingerprint density at radius 1 is 1.26 bits per heavy atom. The molecule has 0 aliphatic rings. The Hall–Kier alpha value is -2.48. The molecule has 0 aliphatic heterocycles. The van der Waals surface area contributed by atoms with E-state index >= 15 is 0 Å². The van der Waals surface area contributed by atoms with Gasteiger partial charge in [-0.05, 0) is 18.5 Å². The molecule has 8 nitrogen and oxygen atoms in total. The molecule has 0 saturated heterocycles. The lowest BCUT2D eigenvalue weighted by Crippen LogP contribution is -2.40. The molecule has 0 fully saturated rings. The summed E-state index contributed by atoms with van der Waals surface area (Å²) < 4.78 is 0. The number of carbonyl (C=O) groups is 2. The number of non-ortho nitro benzene ring substituents is 1. The van der Waals surface area contributed by atoms with E-state index in [1.165, 1.54) is 12.1 Å². The molecule has 1 rings (SSSR count). The minimum absolute atomic E-state index is 0.0179. The number of hydrogen-bond donors (Lipinski definition) is 3. The standard InChI is InChI=1S/C11H14N4O4/c12-11(17)14-10(16)7-13-6-5-8-1-3-9(4-2-8)15(18)19/h1-4,13H,5-7H2,(H3,12,14,16,17). The number of nitrogens with zero attached hydrogens (tertiary/aromatic N) is 1. The molecule has 4 N–H and O–H groups in total. The molecule has 0 atom stereocenters. The van der Waals surface area contributed by atoms with Crippen LogP contribution in [0.3, 0.4) is 0 Å². The number of carbonyl (C=O) groups excluding carboxylic acids is 2. The van der Waals surface area contributed by atoms with Gasteiger partial charge in [0.2, 0.25) is 5.91 Å². The van der Waals surface area contributed by atoms with Crippen molar-refractivity contribution in [1.82, 2.24) is 10.6 Å². The molecule has 0 heterocycles. The lowest BCUT2D eigenvalue weighted by molar-refractivity contribution is -0.384. The maximum atomic E-state index is 11.0. The molecule has 0 aliphatic carbocycles. The lowest BCUT2D eigenvalue weighted by Gasteiger charge is -2.04. The highest BCUT2D eigenvalue weighted by atomic mass is 16.6. The smallest absolute Gasteiger partial charge is 0.318 e. The van der Waals surface area contributed by atoms with Crippen LogP contribution >= 0.6 is 0 Å². The van der Waals surface area contributed by atoms with Crippen molar-refractivity contribution in [2.75, 3.05) is 13.1 Å². The first-order chi connectivity index (χ1) is 8.99. The molecule has 102 valence electrons. The van der Waals surface area contributed by atoms with Crippen molar-refractivity contribution >= 4 is 17.6 Å². The van der Waals surface area contributed by atoms with Gasteiger partial charge >= 0.3 is 6.03 Å². The normalized spacial score (nSPS) is 9.89. The van der Waals surface area contributed by atoms with E-state index in [-0.39, 0.29) is 12.2 Å². The van der Waals surface area contributed by atoms with Gasteiger partial charge in [0, 0.05) is 12.1 Å². The highest BCUT2D eigenvalue weighted by Gasteiger charge is 2.05. The predicted molar refractivity (Wildman–Crippen MR) is 67.4 cm³/mol. The molecule has 3 amide bonds. The number of imide groups is 1. The van der Waals surface area contributed by atoms with Crippen molar-refractivity contribution in [1.29, 1.82) is 0 Å². The molecule has 1 aromatic rings. The fourth-order valence-corrected chi connectivity index (χ4v) is 1.40. The summed E-state index contributed by atoms with van der Waals surface area (Å²) in [7, 11) is 0. The van der Waals surface area contributed by atoms with Crippen LogP contribution in [0.15, 0.2) is 24.3 Å². The largest absolute Gasteiger partial charge is 0.351 e. The van der Waals surface area contributed by atoms with Crippen LogP contribution in [-0.2, 0) is 11.2 Å². The summed E-state index contributed by atoms with van der Waals surface area (Å²) in [5.41, 5.74) is 5.72. The van der Waals surface area contributed by atoms with Crippen LogP contribution in [0.1, 0.15) is 5.56 Å². The van der Waals surface area contributed by atoms with Gasteiger partial charge in [-0.15, -0.1) is 0 Å². The first-order valence-corrected chi connectivity index (χ1v) is 5.52. The van der Waals surface area contributed by atoms with Gasteiger partial charge in [-0.1, -0.05) is 12.1 Å². The molecule has 1 aromatic carbocycles. The number of nitro benzene ring substituents is 1. The van der Waals surface area contributed by atoms with E-state index in [0.29, 0.717) is 13.0 Å². The summed E-state index contributed by atoms with van der Waals surface area (Å²) in [6.45, 7) is 0.486. The number of nitro groups is 1. The van der Waals surface area contributed by atoms with Gasteiger partial charge in [0.1, 0.15) is 0 Å². The Kier molecular flexibility index (Phi) is 5.42. The third-order valence-electron chi connectivity index (χ3n) is 2.29. The zero-order valence-corrected chi connectivity index (χ0v) is 10.1. The fourth-order valence-electron chi connectivity index (χ4n) is 1.40. The number of primary amides is 1. The van der Waals surface area contributed by atoms with Crippen molar-refractivity contribution in [2.24, 2.45) is 5.73 Å². The highest BCUT2D eigenvalue weighted by Crippen LogP contribution is 2.11. The van der Waals surface area contributed by atoms with Crippen molar-refractivity contribution < 1.29 is 14.5 Å². The number of rotatable bonds is 6. The summed E-state index contributed by atoms with van der Waals surface area (Å²) in [4.78, 5) is 31.4. The second-order valence-electron chi connectivity index (χ2n) is 3.76. The average molecular weight is 266 g/mol. The third-order valence-corrected chi connectivity index (χ3v) is 2.29. The van der Waals surface area contributed by atoms with Crippen molar-refractivity contribution in [3.63, 3.8) is 0 Å². The second kappa shape index (κ2) is 7.07. The number of hydrogen-bond acceptors (Lipinski definition) is 5. The van der Waals surface area contributed by atoms with Crippen molar-refractivity contribution in [3.8, 4) is 0 Å². The van der Waals surface area contributed by atoms with Crippen LogP contribution in [0.4, 0.5) is 10.5 Å². The maximum absolute atomic E-state index is 11.0. The van der Waals surface area contributed by atoms with E-state index < -0.39 is 16.9 Å². The fraction of sp³-hybridized carbons (Fsp3) is 0.273. The van der Waals surface area contributed by atoms with Crippen LogP contribution in [0.25, 0.3) is 0 Å². The van der Waals surface area contributed by atoms with Gasteiger partial charge in [-0.2, -0.15) is 0 Å². The van der Waals surface area contributed by atoms with E-state index in [0.717, 1.165) is 5.56 Å². The zero-order valence-electron chi connectivity index (χ0n) is 10.1. The van der Waals surface area contributed by atoms with Crippen molar-refractivity contribution in [3.05, 3.63) is 39.9 Å². The molecule has 0 aromatic heterocycles. The molecule has 0 unspecified atom stereocenters. The maximum Gasteiger partial charge on any atom is 0.318 e. The third kappa shape index (κ3) is 5.59. The Bertz CT molecular complexity index is 472. The number of benzene rings is 1. The minimum Gasteiger partial charge on any atom is -0.351 e. The van der Waals surface area contributed by atoms with Crippen LogP contribution in [0, 0.1) is 10.1 Å². The summed E-state index contributed by atoms with van der Waals surface area (Å²) in [5.74, 6) is -0.504. The average Bonchev–Trinajstić information content (AvgIpc) is 2.34. The summed E-state index contributed by atoms with van der Waals surface area (Å²) >= 11 is 0. The summed E-state index contributed by atoms with van der Waals surface area (Å²) in [6, 6.07) is 5.28. The van der Waals surface area contributed by atoms with Gasteiger partial charge in [0.05, 0.1) is 11.5 Å². The molecule has 0 saturated carbocycles. The first kappa shape index (κ1) is 14.6. The van der Waals surface area contributed by atoms with Crippen molar-refractivity contribution in [2.45, 2.75) is 6.42 Å². The van der Waals surface area contributed by atoms with Crippen LogP contribution < -0.4 is 16.4 Å². The predicted octanol–water partition coefficient (Wildman–Crippen LogP) is -0.0782. The Morgan fingerprint density at radius 2 is 1.89 bits per heavy atom. The topological polar surface area (TPSA) is 127 Å². The van der Waals surface area contributed by atoms with Gasteiger partial charge in [0.15, 0.2) is 0 Å². The number of nitrogens with one attached hydrogen (secondary N) is 2. The zero-order chi connectivity index (χ0) is 14.3. The molecule has 19 heavy (non-hydrogen) atoms. The Labute approximate surface area is 109 Å². The molecule has 0 radical (unpaired) electrons. The Balaban J connectivity index is 2.28. The quantitative estimate of drug-likeness (QED) is 0.377. The van der Waals surface area contributed by atoms with E-state index in [2.05, 4.69) is 5.32 Å². The first-order valence-electron chi connectivity index (χ1n) is 5.52. The number of amides is 3. The molecular weight excluding hydrogens is 252 g/mol. The SMILES string of the molecule is NC(=O)NC(=O)CNCCc1ccc([N+](=O)[O-])cc1. The summed E-state index contributed by atoms with van der Waals surface area (Å²) in [5, 5.41) is 15.2. The molecule has 8 heteroatoms. The number of nitrogens with two attached hydrogens (primary N) is 1. The van der Waals surface area contributed by atoms with E-state index in [1.807, 2.05) is 5.32 Å².